The minimum Gasteiger partial charge on any atom is -0.465 e. The van der Waals surface area contributed by atoms with Crippen LogP contribution in [0.2, 0.25) is 0 Å². The number of allylic oxidation sites excluding steroid dienone is 2. The third kappa shape index (κ3) is 3.16. The monoisotopic (exact) mass is 307 g/mol. The van der Waals surface area contributed by atoms with Gasteiger partial charge in [0.05, 0.1) is 19.5 Å². The van der Waals surface area contributed by atoms with Crippen molar-refractivity contribution in [3.05, 3.63) is 65.6 Å². The van der Waals surface area contributed by atoms with Crippen LogP contribution in [0.5, 0.6) is 0 Å². The Balaban J connectivity index is 1.56. The van der Waals surface area contributed by atoms with E-state index in [-0.39, 0.29) is 0 Å². The van der Waals surface area contributed by atoms with Crippen molar-refractivity contribution in [3.63, 3.8) is 0 Å². The van der Waals surface area contributed by atoms with Crippen LogP contribution >= 0.6 is 0 Å². The average molecular weight is 307 g/mol. The maximum atomic E-state index is 5.47. The van der Waals surface area contributed by atoms with Crippen LogP contribution in [-0.4, -0.2) is 37.7 Å². The third-order valence-electron chi connectivity index (χ3n) is 4.56. The summed E-state index contributed by atoms with van der Waals surface area (Å²) < 4.78 is 10.9. The Morgan fingerprint density at radius 2 is 1.83 bits per heavy atom. The van der Waals surface area contributed by atoms with Crippen LogP contribution in [0.1, 0.15) is 23.3 Å². The van der Waals surface area contributed by atoms with Gasteiger partial charge in [0.2, 0.25) is 0 Å². The van der Waals surface area contributed by atoms with Crippen LogP contribution in [0.3, 0.4) is 0 Å². The van der Waals surface area contributed by atoms with Gasteiger partial charge in [-0.2, -0.15) is 0 Å². The molecule has 0 bridgehead atoms. The number of rotatable bonds is 4. The molecule has 0 unspecified atom stereocenters. The predicted octanol–water partition coefficient (Wildman–Crippen LogP) is 3.94. The van der Waals surface area contributed by atoms with Gasteiger partial charge < -0.3 is 9.15 Å². The van der Waals surface area contributed by atoms with E-state index in [1.54, 1.807) is 6.26 Å². The molecule has 1 aliphatic carbocycles. The SMILES string of the molecule is C1=C(CCN2CCOCC2)c2ccccc2/C1=C/c1ccco1. The molecule has 3 nitrogen and oxygen atoms in total. The van der Waals surface area contributed by atoms with Crippen LogP contribution in [0.15, 0.2) is 53.2 Å². The highest BCUT2D eigenvalue weighted by atomic mass is 16.5. The van der Waals surface area contributed by atoms with E-state index in [0.29, 0.717) is 0 Å². The Bertz CT molecular complexity index is 722. The Morgan fingerprint density at radius 1 is 1.00 bits per heavy atom. The molecule has 0 N–H and O–H groups in total. The maximum absolute atomic E-state index is 5.47. The second-order valence-electron chi connectivity index (χ2n) is 6.03. The summed E-state index contributed by atoms with van der Waals surface area (Å²) in [5.74, 6) is 0.903. The van der Waals surface area contributed by atoms with Crippen molar-refractivity contribution in [2.24, 2.45) is 0 Å². The van der Waals surface area contributed by atoms with E-state index in [0.717, 1.165) is 45.0 Å². The summed E-state index contributed by atoms with van der Waals surface area (Å²) in [5, 5.41) is 0. The molecule has 23 heavy (non-hydrogen) atoms. The van der Waals surface area contributed by atoms with Gasteiger partial charge >= 0.3 is 0 Å². The van der Waals surface area contributed by atoms with Crippen molar-refractivity contribution >= 4 is 17.2 Å². The molecule has 1 aromatic heterocycles. The van der Waals surface area contributed by atoms with Crippen LogP contribution < -0.4 is 0 Å². The normalized spacial score (nSPS) is 19.8. The first-order chi connectivity index (χ1) is 11.4. The van der Waals surface area contributed by atoms with Crippen LogP contribution in [0.4, 0.5) is 0 Å². The molecular formula is C20H21NO2. The molecular weight excluding hydrogens is 286 g/mol. The highest BCUT2D eigenvalue weighted by Crippen LogP contribution is 2.38. The summed E-state index contributed by atoms with van der Waals surface area (Å²) in [7, 11) is 0. The number of hydrogen-bond donors (Lipinski definition) is 0. The Morgan fingerprint density at radius 3 is 2.61 bits per heavy atom. The summed E-state index contributed by atoms with van der Waals surface area (Å²) >= 11 is 0. The lowest BCUT2D eigenvalue weighted by Crippen LogP contribution is -2.36. The number of benzene rings is 1. The maximum Gasteiger partial charge on any atom is 0.127 e. The Labute approximate surface area is 136 Å². The zero-order valence-corrected chi connectivity index (χ0v) is 13.2. The summed E-state index contributed by atoms with van der Waals surface area (Å²) in [6.07, 6.45) is 7.23. The summed E-state index contributed by atoms with van der Waals surface area (Å²) in [6.45, 7) is 4.91. The fourth-order valence-electron chi connectivity index (χ4n) is 3.31. The molecule has 1 aromatic carbocycles. The number of ether oxygens (including phenoxy) is 1. The van der Waals surface area contributed by atoms with E-state index in [1.807, 2.05) is 12.1 Å². The molecule has 1 fully saturated rings. The quantitative estimate of drug-likeness (QED) is 0.855. The second-order valence-corrected chi connectivity index (χ2v) is 6.03. The molecule has 0 amide bonds. The molecule has 1 saturated heterocycles. The van der Waals surface area contributed by atoms with Crippen molar-refractivity contribution < 1.29 is 9.15 Å². The van der Waals surface area contributed by atoms with Gasteiger partial charge in [0.25, 0.3) is 0 Å². The van der Waals surface area contributed by atoms with E-state index in [9.17, 15) is 0 Å². The van der Waals surface area contributed by atoms with Crippen molar-refractivity contribution in [3.8, 4) is 0 Å². The standard InChI is InChI=1S/C20H21NO2/c1-2-6-20-17(15-18-4-3-11-23-18)14-16(19(20)5-1)7-8-21-9-12-22-13-10-21/h1-6,11,14-15H,7-10,12-13H2/b17-15+. The summed E-state index contributed by atoms with van der Waals surface area (Å²) in [6, 6.07) is 12.6. The molecule has 0 saturated carbocycles. The molecule has 2 aliphatic rings. The van der Waals surface area contributed by atoms with Gasteiger partial charge in [0.1, 0.15) is 5.76 Å². The summed E-state index contributed by atoms with van der Waals surface area (Å²) in [4.78, 5) is 2.49. The largest absolute Gasteiger partial charge is 0.465 e. The molecule has 0 spiro atoms. The third-order valence-corrected chi connectivity index (χ3v) is 4.56. The van der Waals surface area contributed by atoms with Gasteiger partial charge in [-0.15, -0.1) is 0 Å². The second kappa shape index (κ2) is 6.57. The number of fused-ring (bicyclic) bond motifs is 1. The zero-order valence-electron chi connectivity index (χ0n) is 13.2. The highest BCUT2D eigenvalue weighted by Gasteiger charge is 2.19. The number of furan rings is 1. The van der Waals surface area contributed by atoms with Crippen molar-refractivity contribution in [1.29, 1.82) is 0 Å². The minimum atomic E-state index is 0.860. The minimum absolute atomic E-state index is 0.860. The lowest BCUT2D eigenvalue weighted by atomic mass is 10.0. The molecule has 118 valence electrons. The van der Waals surface area contributed by atoms with Crippen molar-refractivity contribution in [2.45, 2.75) is 6.42 Å². The van der Waals surface area contributed by atoms with Crippen molar-refractivity contribution in [1.82, 2.24) is 4.90 Å². The smallest absolute Gasteiger partial charge is 0.127 e. The fraction of sp³-hybridized carbons (Fsp3) is 0.300. The van der Waals surface area contributed by atoms with Gasteiger partial charge in [-0.25, -0.2) is 0 Å². The zero-order chi connectivity index (χ0) is 15.5. The van der Waals surface area contributed by atoms with Crippen LogP contribution in [0, 0.1) is 0 Å². The van der Waals surface area contributed by atoms with Gasteiger partial charge in [-0.1, -0.05) is 30.3 Å². The van der Waals surface area contributed by atoms with E-state index in [4.69, 9.17) is 9.15 Å². The van der Waals surface area contributed by atoms with Gasteiger partial charge in [0, 0.05) is 19.6 Å². The summed E-state index contributed by atoms with van der Waals surface area (Å²) in [5.41, 5.74) is 5.33. The van der Waals surface area contributed by atoms with Crippen molar-refractivity contribution in [2.75, 3.05) is 32.8 Å². The average Bonchev–Trinajstić information content (AvgIpc) is 3.23. The van der Waals surface area contributed by atoms with E-state index in [2.05, 4.69) is 41.3 Å². The van der Waals surface area contributed by atoms with E-state index < -0.39 is 0 Å². The van der Waals surface area contributed by atoms with Gasteiger partial charge in [-0.05, 0) is 46.9 Å². The molecule has 2 aromatic rings. The van der Waals surface area contributed by atoms with E-state index in [1.165, 1.54) is 22.3 Å². The first kappa shape index (κ1) is 14.5. The van der Waals surface area contributed by atoms with Crippen LogP contribution in [-0.2, 0) is 4.74 Å². The highest BCUT2D eigenvalue weighted by molar-refractivity contribution is 6.01. The lowest BCUT2D eigenvalue weighted by Gasteiger charge is -2.26. The Hall–Kier alpha value is -2.10. The molecule has 0 radical (unpaired) electrons. The van der Waals surface area contributed by atoms with Crippen LogP contribution in [0.25, 0.3) is 17.2 Å². The first-order valence-corrected chi connectivity index (χ1v) is 8.26. The first-order valence-electron chi connectivity index (χ1n) is 8.26. The predicted molar refractivity (Wildman–Crippen MR) is 92.9 cm³/mol. The molecule has 1 aliphatic heterocycles. The molecule has 0 atom stereocenters. The number of morpholine rings is 1. The van der Waals surface area contributed by atoms with Gasteiger partial charge in [-0.3, -0.25) is 4.90 Å². The fourth-order valence-corrected chi connectivity index (χ4v) is 3.31. The molecule has 3 heteroatoms. The number of hydrogen-bond acceptors (Lipinski definition) is 3. The number of nitrogens with zero attached hydrogens (tertiary/aromatic N) is 1. The lowest BCUT2D eigenvalue weighted by molar-refractivity contribution is 0.0390. The van der Waals surface area contributed by atoms with Gasteiger partial charge in [0.15, 0.2) is 0 Å². The van der Waals surface area contributed by atoms with E-state index >= 15 is 0 Å². The molecule has 2 heterocycles. The topological polar surface area (TPSA) is 25.6 Å². The molecule has 4 rings (SSSR count). The Kier molecular flexibility index (Phi) is 4.14.